The summed E-state index contributed by atoms with van der Waals surface area (Å²) in [7, 11) is 0. The van der Waals surface area contributed by atoms with Gasteiger partial charge in [-0.15, -0.1) is 0 Å². The van der Waals surface area contributed by atoms with Gasteiger partial charge in [0.1, 0.15) is 11.5 Å². The van der Waals surface area contributed by atoms with Gasteiger partial charge >= 0.3 is 12.2 Å². The van der Waals surface area contributed by atoms with Gasteiger partial charge in [0.15, 0.2) is 0 Å². The molecule has 2 aromatic rings. The average molecular weight is 437 g/mol. The summed E-state index contributed by atoms with van der Waals surface area (Å²) in [5.74, 6) is 0.849. The van der Waals surface area contributed by atoms with Gasteiger partial charge in [-0.2, -0.15) is 0 Å². The standard InChI is InChI=1S/C26H32N2O4/c29-25(27-20-12-6-2-7-13-20)31-22-16-17-24(23(18-22)19-10-4-1-5-11-19)32-26(30)28-21-14-8-3-9-15-21/h1,4-5,10-11,16-18,20-21H,2-3,6-9,12-15H2,(H,27,29)(H,28,30). The molecular weight excluding hydrogens is 404 g/mol. The molecule has 2 N–H and O–H groups in total. The van der Waals surface area contributed by atoms with E-state index in [1.165, 1.54) is 12.8 Å². The zero-order chi connectivity index (χ0) is 22.2. The highest BCUT2D eigenvalue weighted by molar-refractivity contribution is 5.79. The molecule has 2 fully saturated rings. The summed E-state index contributed by atoms with van der Waals surface area (Å²) < 4.78 is 11.2. The van der Waals surface area contributed by atoms with Crippen molar-refractivity contribution < 1.29 is 19.1 Å². The third kappa shape index (κ3) is 6.25. The Morgan fingerprint density at radius 3 is 1.84 bits per heavy atom. The van der Waals surface area contributed by atoms with Crippen molar-refractivity contribution in [2.24, 2.45) is 0 Å². The number of hydrogen-bond donors (Lipinski definition) is 2. The van der Waals surface area contributed by atoms with Crippen molar-refractivity contribution in [1.82, 2.24) is 10.6 Å². The van der Waals surface area contributed by atoms with Gasteiger partial charge in [-0.3, -0.25) is 0 Å². The molecule has 0 heterocycles. The molecule has 6 nitrogen and oxygen atoms in total. The lowest BCUT2D eigenvalue weighted by Gasteiger charge is -2.23. The van der Waals surface area contributed by atoms with Gasteiger partial charge < -0.3 is 20.1 Å². The first-order valence-corrected chi connectivity index (χ1v) is 11.8. The third-order valence-corrected chi connectivity index (χ3v) is 6.30. The van der Waals surface area contributed by atoms with Gasteiger partial charge in [-0.05, 0) is 49.4 Å². The summed E-state index contributed by atoms with van der Waals surface area (Å²) in [6.07, 6.45) is 10.1. The Hall–Kier alpha value is -3.02. The van der Waals surface area contributed by atoms with Gasteiger partial charge in [-0.1, -0.05) is 68.9 Å². The SMILES string of the molecule is O=C(NC1CCCCC1)Oc1ccc(OC(=O)NC2CCCCC2)c(-c2ccccc2)c1. The van der Waals surface area contributed by atoms with E-state index in [1.54, 1.807) is 18.2 Å². The van der Waals surface area contributed by atoms with Crippen molar-refractivity contribution in [3.05, 3.63) is 48.5 Å². The Kier molecular flexibility index (Phi) is 7.64. The molecule has 0 bridgehead atoms. The normalized spacial score (nSPS) is 17.4. The number of benzene rings is 2. The molecule has 32 heavy (non-hydrogen) atoms. The fourth-order valence-electron chi connectivity index (χ4n) is 4.60. The van der Waals surface area contributed by atoms with Crippen LogP contribution in [0.3, 0.4) is 0 Å². The van der Waals surface area contributed by atoms with Crippen molar-refractivity contribution in [3.63, 3.8) is 0 Å². The number of nitrogens with one attached hydrogen (secondary N) is 2. The van der Waals surface area contributed by atoms with Crippen LogP contribution in [0.15, 0.2) is 48.5 Å². The first-order chi connectivity index (χ1) is 15.7. The quantitative estimate of drug-likeness (QED) is 0.585. The van der Waals surface area contributed by atoms with Crippen LogP contribution in [0.1, 0.15) is 64.2 Å². The van der Waals surface area contributed by atoms with Crippen LogP contribution >= 0.6 is 0 Å². The number of ether oxygens (including phenoxy) is 2. The van der Waals surface area contributed by atoms with Gasteiger partial charge in [0.2, 0.25) is 0 Å². The molecule has 170 valence electrons. The first-order valence-electron chi connectivity index (χ1n) is 11.8. The molecule has 6 heteroatoms. The Labute approximate surface area is 189 Å². The minimum atomic E-state index is -0.446. The maximum atomic E-state index is 12.5. The molecule has 2 aliphatic carbocycles. The molecule has 0 spiro atoms. The maximum Gasteiger partial charge on any atom is 0.412 e. The molecule has 2 aromatic carbocycles. The monoisotopic (exact) mass is 436 g/mol. The predicted molar refractivity (Wildman–Crippen MR) is 124 cm³/mol. The van der Waals surface area contributed by atoms with Crippen LogP contribution < -0.4 is 20.1 Å². The Balaban J connectivity index is 1.46. The molecule has 0 atom stereocenters. The first kappa shape index (κ1) is 22.2. The molecule has 2 amide bonds. The van der Waals surface area contributed by atoms with Gasteiger partial charge in [-0.25, -0.2) is 9.59 Å². The molecule has 0 saturated heterocycles. The average Bonchev–Trinajstić information content (AvgIpc) is 2.82. The molecule has 0 aromatic heterocycles. The van der Waals surface area contributed by atoms with Crippen LogP contribution in [-0.4, -0.2) is 24.3 Å². The number of hydrogen-bond acceptors (Lipinski definition) is 4. The van der Waals surface area contributed by atoms with Crippen LogP contribution in [0.4, 0.5) is 9.59 Å². The summed E-state index contributed by atoms with van der Waals surface area (Å²) in [5.41, 5.74) is 1.58. The second kappa shape index (κ2) is 11.0. The lowest BCUT2D eigenvalue weighted by molar-refractivity contribution is 0.189. The van der Waals surface area contributed by atoms with Crippen LogP contribution in [0, 0.1) is 0 Å². The number of carbonyl (C=O) groups is 2. The fourth-order valence-corrected chi connectivity index (χ4v) is 4.60. The molecular formula is C26H32N2O4. The van der Waals surface area contributed by atoms with E-state index in [2.05, 4.69) is 10.6 Å². The van der Waals surface area contributed by atoms with E-state index < -0.39 is 12.2 Å². The van der Waals surface area contributed by atoms with E-state index in [4.69, 9.17) is 9.47 Å². The summed E-state index contributed by atoms with van der Waals surface area (Å²) >= 11 is 0. The van der Waals surface area contributed by atoms with E-state index in [0.717, 1.165) is 56.9 Å². The largest absolute Gasteiger partial charge is 0.412 e. The Morgan fingerprint density at radius 2 is 1.25 bits per heavy atom. The molecule has 0 radical (unpaired) electrons. The third-order valence-electron chi connectivity index (χ3n) is 6.30. The van der Waals surface area contributed by atoms with Gasteiger partial charge in [0.05, 0.1) is 0 Å². The van der Waals surface area contributed by atoms with E-state index in [9.17, 15) is 9.59 Å². The topological polar surface area (TPSA) is 76.7 Å². The molecule has 4 rings (SSSR count). The molecule has 0 unspecified atom stereocenters. The zero-order valence-corrected chi connectivity index (χ0v) is 18.5. The number of carbonyl (C=O) groups excluding carboxylic acids is 2. The van der Waals surface area contributed by atoms with Crippen LogP contribution in [0.25, 0.3) is 11.1 Å². The van der Waals surface area contributed by atoms with E-state index in [0.29, 0.717) is 17.1 Å². The smallest absolute Gasteiger partial charge is 0.410 e. The van der Waals surface area contributed by atoms with Crippen LogP contribution in [0.2, 0.25) is 0 Å². The van der Waals surface area contributed by atoms with Crippen molar-refractivity contribution in [2.45, 2.75) is 76.3 Å². The lowest BCUT2D eigenvalue weighted by atomic mass is 9.96. The van der Waals surface area contributed by atoms with Crippen molar-refractivity contribution in [2.75, 3.05) is 0 Å². The van der Waals surface area contributed by atoms with Gasteiger partial charge in [0.25, 0.3) is 0 Å². The highest BCUT2D eigenvalue weighted by Gasteiger charge is 2.20. The highest BCUT2D eigenvalue weighted by atomic mass is 16.6. The summed E-state index contributed by atoms with van der Waals surface area (Å²) in [5, 5.41) is 5.94. The molecule has 2 saturated carbocycles. The molecule has 2 aliphatic rings. The van der Waals surface area contributed by atoms with Gasteiger partial charge in [0, 0.05) is 17.6 Å². The number of rotatable bonds is 5. The van der Waals surface area contributed by atoms with E-state index in [1.807, 2.05) is 30.3 Å². The zero-order valence-electron chi connectivity index (χ0n) is 18.5. The van der Waals surface area contributed by atoms with Crippen LogP contribution in [0.5, 0.6) is 11.5 Å². The second-order valence-electron chi connectivity index (χ2n) is 8.76. The maximum absolute atomic E-state index is 12.5. The summed E-state index contributed by atoms with van der Waals surface area (Å²) in [6, 6.07) is 15.1. The van der Waals surface area contributed by atoms with Crippen molar-refractivity contribution in [3.8, 4) is 22.6 Å². The lowest BCUT2D eigenvalue weighted by Crippen LogP contribution is -2.38. The van der Waals surface area contributed by atoms with Crippen molar-refractivity contribution >= 4 is 12.2 Å². The van der Waals surface area contributed by atoms with Crippen LogP contribution in [-0.2, 0) is 0 Å². The Bertz CT molecular complexity index is 903. The van der Waals surface area contributed by atoms with Crippen molar-refractivity contribution in [1.29, 1.82) is 0 Å². The minimum absolute atomic E-state index is 0.169. The minimum Gasteiger partial charge on any atom is -0.410 e. The predicted octanol–water partition coefficient (Wildman–Crippen LogP) is 6.20. The number of amides is 2. The fraction of sp³-hybridized carbons (Fsp3) is 0.462. The Morgan fingerprint density at radius 1 is 0.688 bits per heavy atom. The van der Waals surface area contributed by atoms with E-state index in [-0.39, 0.29) is 12.1 Å². The second-order valence-corrected chi connectivity index (χ2v) is 8.76. The summed E-state index contributed by atoms with van der Waals surface area (Å²) in [6.45, 7) is 0. The molecule has 0 aliphatic heterocycles. The van der Waals surface area contributed by atoms with E-state index >= 15 is 0 Å². The highest BCUT2D eigenvalue weighted by Crippen LogP contribution is 2.34. The summed E-state index contributed by atoms with van der Waals surface area (Å²) in [4.78, 5) is 24.9.